The number of hydrogen-bond acceptors (Lipinski definition) is 0. The summed E-state index contributed by atoms with van der Waals surface area (Å²) < 4.78 is 0. The van der Waals surface area contributed by atoms with Gasteiger partial charge in [-0.2, -0.15) is 0 Å². The van der Waals surface area contributed by atoms with Crippen LogP contribution in [0.25, 0.3) is 0 Å². The molecule has 0 N–H and O–H groups in total. The van der Waals surface area contributed by atoms with Crippen LogP contribution in [0.2, 0.25) is 5.82 Å². The summed E-state index contributed by atoms with van der Waals surface area (Å²) in [6, 6.07) is 0. The van der Waals surface area contributed by atoms with Gasteiger partial charge in [0.05, 0.1) is 0 Å². The minimum absolute atomic E-state index is 0.763. The minimum atomic E-state index is 0.763. The highest BCUT2D eigenvalue weighted by molar-refractivity contribution is 6.13. The van der Waals surface area contributed by atoms with Crippen molar-refractivity contribution in [1.29, 1.82) is 0 Å². The van der Waals surface area contributed by atoms with E-state index in [-0.39, 0.29) is 0 Å². The van der Waals surface area contributed by atoms with Gasteiger partial charge in [0.25, 0.3) is 0 Å². The van der Waals surface area contributed by atoms with E-state index in [1.54, 1.807) is 0 Å². The van der Waals surface area contributed by atoms with Gasteiger partial charge in [0, 0.05) is 0 Å². The highest BCUT2D eigenvalue weighted by Crippen LogP contribution is 2.16. The fourth-order valence-corrected chi connectivity index (χ4v) is 0.834. The van der Waals surface area contributed by atoms with Crippen LogP contribution in [-0.2, 0) is 0 Å². The molecule has 42 valence electrons. The zero-order valence-electron chi connectivity index (χ0n) is 5.52. The molecule has 8 heavy (non-hydrogen) atoms. The van der Waals surface area contributed by atoms with Crippen LogP contribution < -0.4 is 0 Å². The van der Waals surface area contributed by atoms with E-state index >= 15 is 0 Å². The van der Waals surface area contributed by atoms with E-state index in [9.17, 15) is 0 Å². The Hall–Kier alpha value is -0.455. The second-order valence-corrected chi connectivity index (χ2v) is 2.52. The molecule has 0 nitrogen and oxygen atoms in total. The standard InChI is InChI=1S/C7H11B/c1-6-2-4-7(8)5-3-6/h2-4,7H,5,8H2,1H3. The van der Waals surface area contributed by atoms with Crippen LogP contribution in [0.5, 0.6) is 0 Å². The molecular formula is C7H11B. The molecular weight excluding hydrogens is 94.9 g/mol. The monoisotopic (exact) mass is 106 g/mol. The smallest absolute Gasteiger partial charge is 0.0888 e. The average molecular weight is 106 g/mol. The van der Waals surface area contributed by atoms with Crippen LogP contribution >= 0.6 is 0 Å². The zero-order valence-corrected chi connectivity index (χ0v) is 5.52. The Labute approximate surface area is 51.7 Å². The first kappa shape index (κ1) is 5.68. The van der Waals surface area contributed by atoms with Gasteiger partial charge in [-0.3, -0.25) is 0 Å². The van der Waals surface area contributed by atoms with E-state index in [0.717, 1.165) is 5.82 Å². The Balaban J connectivity index is 2.58. The average Bonchev–Trinajstić information content (AvgIpc) is 1.77. The van der Waals surface area contributed by atoms with Gasteiger partial charge in [0.2, 0.25) is 0 Å². The zero-order chi connectivity index (χ0) is 5.98. The molecule has 0 bridgehead atoms. The molecule has 0 saturated heterocycles. The molecule has 0 aromatic rings. The van der Waals surface area contributed by atoms with Crippen molar-refractivity contribution < 1.29 is 0 Å². The lowest BCUT2D eigenvalue weighted by molar-refractivity contribution is 1.01. The second kappa shape index (κ2) is 2.21. The quantitative estimate of drug-likeness (QED) is 0.408. The SMILES string of the molecule is BC1C=CC(C)=CC1. The summed E-state index contributed by atoms with van der Waals surface area (Å²) in [6.45, 7) is 2.14. The predicted octanol–water partition coefficient (Wildman–Crippen LogP) is 1.31. The first-order valence-electron chi connectivity index (χ1n) is 3.14. The highest BCUT2D eigenvalue weighted by atomic mass is 14.0. The predicted molar refractivity (Wildman–Crippen MR) is 39.8 cm³/mol. The van der Waals surface area contributed by atoms with Crippen molar-refractivity contribution in [1.82, 2.24) is 0 Å². The maximum atomic E-state index is 2.28. The van der Waals surface area contributed by atoms with Crippen molar-refractivity contribution in [2.45, 2.75) is 19.2 Å². The summed E-state index contributed by atoms with van der Waals surface area (Å²) in [5.74, 6) is 0.763. The molecule has 1 heteroatoms. The summed E-state index contributed by atoms with van der Waals surface area (Å²) in [6.07, 6.45) is 7.95. The van der Waals surface area contributed by atoms with Crippen LogP contribution in [0, 0.1) is 0 Å². The minimum Gasteiger partial charge on any atom is -0.0888 e. The van der Waals surface area contributed by atoms with Crippen molar-refractivity contribution in [2.75, 3.05) is 0 Å². The van der Waals surface area contributed by atoms with Crippen LogP contribution in [0.15, 0.2) is 23.8 Å². The Morgan fingerprint density at radius 2 is 2.50 bits per heavy atom. The largest absolute Gasteiger partial charge is 0.110 e. The molecule has 0 spiro atoms. The first-order valence-corrected chi connectivity index (χ1v) is 3.14. The van der Waals surface area contributed by atoms with Crippen LogP contribution in [-0.4, -0.2) is 7.85 Å². The van der Waals surface area contributed by atoms with Crippen molar-refractivity contribution in [2.24, 2.45) is 0 Å². The third kappa shape index (κ3) is 1.26. The maximum Gasteiger partial charge on any atom is 0.110 e. The topological polar surface area (TPSA) is 0 Å². The summed E-state index contributed by atoms with van der Waals surface area (Å²) in [7, 11) is 2.24. The van der Waals surface area contributed by atoms with E-state index < -0.39 is 0 Å². The van der Waals surface area contributed by atoms with E-state index in [1.165, 1.54) is 12.0 Å². The van der Waals surface area contributed by atoms with Crippen molar-refractivity contribution in [3.63, 3.8) is 0 Å². The molecule has 1 aliphatic rings. The lowest BCUT2D eigenvalue weighted by Crippen LogP contribution is -1.89. The van der Waals surface area contributed by atoms with Crippen LogP contribution in [0.3, 0.4) is 0 Å². The fourth-order valence-electron chi connectivity index (χ4n) is 0.834. The normalized spacial score (nSPS) is 27.6. The first-order chi connectivity index (χ1) is 3.79. The summed E-state index contributed by atoms with van der Waals surface area (Å²) in [5, 5.41) is 0. The third-order valence-corrected chi connectivity index (χ3v) is 1.50. The summed E-state index contributed by atoms with van der Waals surface area (Å²) in [4.78, 5) is 0. The Morgan fingerprint density at radius 1 is 1.75 bits per heavy atom. The lowest BCUT2D eigenvalue weighted by atomic mass is 9.81. The van der Waals surface area contributed by atoms with Gasteiger partial charge in [-0.05, 0) is 19.2 Å². The molecule has 0 radical (unpaired) electrons. The van der Waals surface area contributed by atoms with E-state index in [4.69, 9.17) is 0 Å². The molecule has 1 aliphatic carbocycles. The fraction of sp³-hybridized carbons (Fsp3) is 0.429. The third-order valence-electron chi connectivity index (χ3n) is 1.50. The molecule has 1 unspecified atom stereocenters. The van der Waals surface area contributed by atoms with Gasteiger partial charge in [-0.15, -0.1) is 0 Å². The number of rotatable bonds is 0. The van der Waals surface area contributed by atoms with Crippen molar-refractivity contribution in [3.05, 3.63) is 23.8 Å². The molecule has 1 rings (SSSR count). The van der Waals surface area contributed by atoms with Crippen LogP contribution in [0.4, 0.5) is 0 Å². The van der Waals surface area contributed by atoms with E-state index in [0.29, 0.717) is 0 Å². The van der Waals surface area contributed by atoms with Gasteiger partial charge in [0.1, 0.15) is 7.85 Å². The molecule has 0 fully saturated rings. The maximum absolute atomic E-state index is 2.28. The van der Waals surface area contributed by atoms with Crippen molar-refractivity contribution in [3.8, 4) is 0 Å². The molecule has 1 atom stereocenters. The van der Waals surface area contributed by atoms with Gasteiger partial charge in [-0.25, -0.2) is 0 Å². The summed E-state index contributed by atoms with van der Waals surface area (Å²) in [5.41, 5.74) is 1.41. The Morgan fingerprint density at radius 3 is 2.88 bits per heavy atom. The molecule has 0 aromatic carbocycles. The molecule has 0 heterocycles. The molecule has 0 amide bonds. The number of hydrogen-bond donors (Lipinski definition) is 0. The van der Waals surface area contributed by atoms with E-state index in [1.807, 2.05) is 0 Å². The van der Waals surface area contributed by atoms with Gasteiger partial charge in [0.15, 0.2) is 0 Å². The van der Waals surface area contributed by atoms with Crippen molar-refractivity contribution >= 4 is 7.85 Å². The number of allylic oxidation sites excluding steroid dienone is 4. The van der Waals surface area contributed by atoms with Gasteiger partial charge in [-0.1, -0.05) is 23.8 Å². The van der Waals surface area contributed by atoms with Crippen LogP contribution in [0.1, 0.15) is 13.3 Å². The van der Waals surface area contributed by atoms with E-state index in [2.05, 4.69) is 33.0 Å². The second-order valence-electron chi connectivity index (χ2n) is 2.52. The lowest BCUT2D eigenvalue weighted by Gasteiger charge is -2.06. The summed E-state index contributed by atoms with van der Waals surface area (Å²) >= 11 is 0. The Bertz CT molecular complexity index is 133. The molecule has 0 saturated carbocycles. The molecule has 0 aliphatic heterocycles. The Kier molecular flexibility index (Phi) is 1.57. The van der Waals surface area contributed by atoms with Gasteiger partial charge < -0.3 is 0 Å². The van der Waals surface area contributed by atoms with Gasteiger partial charge >= 0.3 is 0 Å². The highest BCUT2D eigenvalue weighted by Gasteiger charge is 1.97. The molecule has 0 aromatic heterocycles.